The highest BCUT2D eigenvalue weighted by Crippen LogP contribution is 2.36. The highest BCUT2D eigenvalue weighted by molar-refractivity contribution is 6.09. The molecule has 2 heterocycles. The van der Waals surface area contributed by atoms with Gasteiger partial charge in [-0.2, -0.15) is 5.26 Å². The van der Waals surface area contributed by atoms with Crippen LogP contribution in [0.1, 0.15) is 5.56 Å². The number of benzene rings is 6. The summed E-state index contributed by atoms with van der Waals surface area (Å²) in [5.74, 6) is 1.41. The molecule has 0 fully saturated rings. The molecule has 8 aromatic rings. The fourth-order valence-electron chi connectivity index (χ4n) is 6.08. The van der Waals surface area contributed by atoms with Crippen molar-refractivity contribution in [2.75, 3.05) is 0 Å². The third-order valence-corrected chi connectivity index (χ3v) is 8.24. The van der Waals surface area contributed by atoms with Crippen molar-refractivity contribution in [2.24, 2.45) is 0 Å². The summed E-state index contributed by atoms with van der Waals surface area (Å²) < 4.78 is 2.29. The molecule has 0 atom stereocenters. The summed E-state index contributed by atoms with van der Waals surface area (Å²) in [5.41, 5.74) is 8.40. The monoisotopic (exact) mass is 600 g/mol. The molecule has 218 valence electrons. The van der Waals surface area contributed by atoms with Gasteiger partial charge in [0.25, 0.3) is 0 Å². The van der Waals surface area contributed by atoms with E-state index in [2.05, 4.69) is 88.3 Å². The van der Waals surface area contributed by atoms with Crippen LogP contribution in [0, 0.1) is 17.9 Å². The quantitative estimate of drug-likeness (QED) is 0.184. The van der Waals surface area contributed by atoms with Crippen molar-refractivity contribution in [3.8, 4) is 57.0 Å². The van der Waals surface area contributed by atoms with Gasteiger partial charge in [0, 0.05) is 33.2 Å². The minimum absolute atomic E-state index is 0.446. The molecule has 0 radical (unpaired) electrons. The summed E-state index contributed by atoms with van der Waals surface area (Å²) in [6.45, 7) is 7.93. The summed E-state index contributed by atoms with van der Waals surface area (Å²) in [6, 6.07) is 50.2. The second-order valence-corrected chi connectivity index (χ2v) is 11.2. The molecule has 0 aliphatic heterocycles. The smallest absolute Gasteiger partial charge is 0.188 e. The molecule has 6 nitrogen and oxygen atoms in total. The van der Waals surface area contributed by atoms with Crippen LogP contribution in [0.4, 0.5) is 5.69 Å². The number of fused-ring (bicyclic) bond motifs is 3. The average molecular weight is 601 g/mol. The van der Waals surface area contributed by atoms with E-state index in [-0.39, 0.29) is 0 Å². The van der Waals surface area contributed by atoms with Gasteiger partial charge in [-0.1, -0.05) is 91.0 Å². The van der Waals surface area contributed by atoms with E-state index in [1.165, 1.54) is 10.8 Å². The molecule has 0 saturated carbocycles. The van der Waals surface area contributed by atoms with Gasteiger partial charge in [-0.05, 0) is 65.7 Å². The number of para-hydroxylation sites is 2. The fourth-order valence-corrected chi connectivity index (χ4v) is 6.08. The van der Waals surface area contributed by atoms with Crippen LogP contribution in [0.25, 0.3) is 77.6 Å². The van der Waals surface area contributed by atoms with E-state index < -0.39 is 0 Å². The van der Waals surface area contributed by atoms with Crippen LogP contribution in [-0.2, 0) is 0 Å². The zero-order valence-electron chi connectivity index (χ0n) is 25.0. The molecule has 0 aliphatic carbocycles. The van der Waals surface area contributed by atoms with Crippen LogP contribution in [0.2, 0.25) is 0 Å². The maximum absolute atomic E-state index is 9.52. The second kappa shape index (κ2) is 11.6. The average Bonchev–Trinajstić information content (AvgIpc) is 3.49. The Labute approximate surface area is 271 Å². The van der Waals surface area contributed by atoms with E-state index >= 15 is 0 Å². The lowest BCUT2D eigenvalue weighted by Crippen LogP contribution is -2.00. The maximum Gasteiger partial charge on any atom is 0.188 e. The predicted octanol–water partition coefficient (Wildman–Crippen LogP) is 10.1. The SMILES string of the molecule is [C-]#[N+]c1cc(-c2cccc(-n3c4ccccc4c4ccccc43)c2)cc(-c2nc(-c3ccccc3)nc(-c3cccc(C#N)c3)n2)c1. The van der Waals surface area contributed by atoms with Gasteiger partial charge in [-0.15, -0.1) is 0 Å². The summed E-state index contributed by atoms with van der Waals surface area (Å²) >= 11 is 0. The van der Waals surface area contributed by atoms with Gasteiger partial charge in [0.15, 0.2) is 23.2 Å². The Bertz CT molecular complexity index is 2500. The largest absolute Gasteiger partial charge is 0.309 e. The minimum atomic E-state index is 0.446. The summed E-state index contributed by atoms with van der Waals surface area (Å²) in [6.07, 6.45) is 0. The van der Waals surface area contributed by atoms with E-state index in [0.29, 0.717) is 39.9 Å². The van der Waals surface area contributed by atoms with Crippen LogP contribution < -0.4 is 0 Å². The van der Waals surface area contributed by atoms with Crippen molar-refractivity contribution in [3.63, 3.8) is 0 Å². The van der Waals surface area contributed by atoms with Gasteiger partial charge in [0.1, 0.15) is 0 Å². The van der Waals surface area contributed by atoms with E-state index in [9.17, 15) is 5.26 Å². The van der Waals surface area contributed by atoms with Crippen molar-refractivity contribution in [1.29, 1.82) is 5.26 Å². The van der Waals surface area contributed by atoms with E-state index in [0.717, 1.165) is 33.4 Å². The van der Waals surface area contributed by atoms with Gasteiger partial charge >= 0.3 is 0 Å². The highest BCUT2D eigenvalue weighted by atomic mass is 15.0. The van der Waals surface area contributed by atoms with Crippen molar-refractivity contribution >= 4 is 27.5 Å². The lowest BCUT2D eigenvalue weighted by Gasteiger charge is -2.12. The third kappa shape index (κ3) is 5.07. The lowest BCUT2D eigenvalue weighted by molar-refractivity contribution is 1.07. The number of rotatable bonds is 5. The van der Waals surface area contributed by atoms with E-state index in [1.54, 1.807) is 12.1 Å². The molecule has 0 saturated heterocycles. The molecule has 47 heavy (non-hydrogen) atoms. The number of nitrogens with zero attached hydrogens (tertiary/aromatic N) is 6. The Balaban J connectivity index is 1.29. The van der Waals surface area contributed by atoms with Gasteiger partial charge in [0.2, 0.25) is 0 Å². The van der Waals surface area contributed by atoms with Crippen LogP contribution in [0.3, 0.4) is 0 Å². The molecule has 0 amide bonds. The van der Waals surface area contributed by atoms with Gasteiger partial charge in [-0.3, -0.25) is 0 Å². The van der Waals surface area contributed by atoms with Crippen LogP contribution in [0.15, 0.2) is 146 Å². The van der Waals surface area contributed by atoms with Crippen molar-refractivity contribution in [1.82, 2.24) is 19.5 Å². The first-order valence-corrected chi connectivity index (χ1v) is 15.1. The zero-order valence-corrected chi connectivity index (χ0v) is 25.0. The molecule has 8 rings (SSSR count). The van der Waals surface area contributed by atoms with Crippen LogP contribution in [0.5, 0.6) is 0 Å². The molecule has 6 heteroatoms. The molecule has 0 N–H and O–H groups in total. The molecule has 2 aromatic heterocycles. The molecular weight excluding hydrogens is 576 g/mol. The Kier molecular flexibility index (Phi) is 6.80. The van der Waals surface area contributed by atoms with E-state index in [4.69, 9.17) is 21.5 Å². The van der Waals surface area contributed by atoms with Gasteiger partial charge < -0.3 is 4.57 Å². The Morgan fingerprint density at radius 2 is 1.09 bits per heavy atom. The standard InChI is InChI=1S/C41H24N6/c1-43-33-23-31(29-14-10-16-34(25-29)47-37-19-7-5-17-35(37)36-18-6-8-20-38(36)47)22-32(24-33)41-45-39(28-12-3-2-4-13-28)44-40(46-41)30-15-9-11-27(21-30)26-42/h2-25H. The lowest BCUT2D eigenvalue weighted by atomic mass is 10.0. The molecule has 0 bridgehead atoms. The van der Waals surface area contributed by atoms with Crippen molar-refractivity contribution in [2.45, 2.75) is 0 Å². The minimum Gasteiger partial charge on any atom is -0.309 e. The molecule has 0 spiro atoms. The van der Waals surface area contributed by atoms with Gasteiger partial charge in [-0.25, -0.2) is 19.8 Å². The number of hydrogen-bond donors (Lipinski definition) is 0. The first kappa shape index (κ1) is 27.6. The van der Waals surface area contributed by atoms with Crippen LogP contribution in [-0.4, -0.2) is 19.5 Å². The van der Waals surface area contributed by atoms with Gasteiger partial charge in [0.05, 0.1) is 29.2 Å². The maximum atomic E-state index is 9.52. The Hall–Kier alpha value is -6.89. The predicted molar refractivity (Wildman–Crippen MR) is 187 cm³/mol. The number of hydrogen-bond acceptors (Lipinski definition) is 4. The molecular formula is C41H24N6. The van der Waals surface area contributed by atoms with E-state index in [1.807, 2.05) is 60.7 Å². The zero-order chi connectivity index (χ0) is 31.7. The summed E-state index contributed by atoms with van der Waals surface area (Å²) in [5, 5.41) is 11.9. The second-order valence-electron chi connectivity index (χ2n) is 11.2. The number of nitriles is 1. The number of aromatic nitrogens is 4. The first-order chi connectivity index (χ1) is 23.2. The van der Waals surface area contributed by atoms with Crippen molar-refractivity contribution < 1.29 is 0 Å². The molecule has 0 unspecified atom stereocenters. The normalized spacial score (nSPS) is 10.9. The van der Waals surface area contributed by atoms with Crippen LogP contribution >= 0.6 is 0 Å². The highest BCUT2D eigenvalue weighted by Gasteiger charge is 2.16. The third-order valence-electron chi connectivity index (χ3n) is 8.24. The summed E-state index contributed by atoms with van der Waals surface area (Å²) in [4.78, 5) is 18.4. The summed E-state index contributed by atoms with van der Waals surface area (Å²) in [7, 11) is 0. The fraction of sp³-hybridized carbons (Fsp3) is 0. The Morgan fingerprint density at radius 3 is 1.79 bits per heavy atom. The molecule has 6 aromatic carbocycles. The topological polar surface area (TPSA) is 71.8 Å². The Morgan fingerprint density at radius 1 is 0.511 bits per heavy atom. The first-order valence-electron chi connectivity index (χ1n) is 15.1. The van der Waals surface area contributed by atoms with Crippen molar-refractivity contribution in [3.05, 3.63) is 163 Å². The molecule has 0 aliphatic rings.